The molecule has 3 nitrogen and oxygen atoms in total. The van der Waals surface area contributed by atoms with E-state index in [1.54, 1.807) is 0 Å². The number of hydrogen-bond acceptors (Lipinski definition) is 4. The molecule has 122 valence electrons. The largest absolute Gasteiger partial charge is 0.468 e. The van der Waals surface area contributed by atoms with Crippen molar-refractivity contribution in [3.05, 3.63) is 53.6 Å². The highest BCUT2D eigenvalue weighted by Crippen LogP contribution is 2.31. The van der Waals surface area contributed by atoms with Gasteiger partial charge in [-0.25, -0.2) is 0 Å². The molecule has 2 rings (SSSR count). The van der Waals surface area contributed by atoms with E-state index in [9.17, 15) is 9.00 Å². The predicted molar refractivity (Wildman–Crippen MR) is 97.3 cm³/mol. The molecular formula is C18H20O3S2. The van der Waals surface area contributed by atoms with Crippen LogP contribution >= 0.6 is 12.6 Å². The van der Waals surface area contributed by atoms with Crippen molar-refractivity contribution in [1.82, 2.24) is 0 Å². The van der Waals surface area contributed by atoms with E-state index in [4.69, 9.17) is 0 Å². The fourth-order valence-corrected chi connectivity index (χ4v) is 3.63. The van der Waals surface area contributed by atoms with Crippen LogP contribution in [0.3, 0.4) is 0 Å². The van der Waals surface area contributed by atoms with E-state index in [1.807, 2.05) is 32.0 Å². The second-order valence-electron chi connectivity index (χ2n) is 5.39. The maximum atomic E-state index is 12.2. The third-order valence-corrected chi connectivity index (χ3v) is 5.69. The van der Waals surface area contributed by atoms with Crippen LogP contribution in [0.25, 0.3) is 11.1 Å². The van der Waals surface area contributed by atoms with Crippen molar-refractivity contribution < 1.29 is 13.7 Å². The standard InChI is InChI=1S/C18H20O3S2/c1-12-4-6-14(7-5-12)16-9-8-15(10-17(16)22)13(2)23(20)11-18(19)21-3/h4-10,13,22H,11H2,1-3H3. The Hall–Kier alpha value is -1.59. The molecule has 0 aromatic heterocycles. The van der Waals surface area contributed by atoms with Gasteiger partial charge < -0.3 is 4.74 Å². The Morgan fingerprint density at radius 3 is 2.43 bits per heavy atom. The zero-order valence-electron chi connectivity index (χ0n) is 13.4. The summed E-state index contributed by atoms with van der Waals surface area (Å²) in [6.45, 7) is 3.89. The topological polar surface area (TPSA) is 43.4 Å². The van der Waals surface area contributed by atoms with Gasteiger partial charge in [0.05, 0.1) is 12.4 Å². The molecule has 0 aliphatic carbocycles. The molecule has 0 aliphatic rings. The Kier molecular flexibility index (Phi) is 6.02. The molecule has 2 aromatic rings. The molecule has 0 spiro atoms. The van der Waals surface area contributed by atoms with Gasteiger partial charge >= 0.3 is 5.97 Å². The molecule has 0 aliphatic heterocycles. The number of esters is 1. The van der Waals surface area contributed by atoms with Crippen LogP contribution in [0.15, 0.2) is 47.4 Å². The van der Waals surface area contributed by atoms with E-state index in [2.05, 4.69) is 41.6 Å². The van der Waals surface area contributed by atoms with Gasteiger partial charge in [0.15, 0.2) is 0 Å². The first kappa shape index (κ1) is 17.8. The first-order valence-corrected chi connectivity index (χ1v) is 9.09. The minimum Gasteiger partial charge on any atom is -0.468 e. The van der Waals surface area contributed by atoms with E-state index < -0.39 is 16.8 Å². The summed E-state index contributed by atoms with van der Waals surface area (Å²) in [6, 6.07) is 14.1. The average Bonchev–Trinajstić information content (AvgIpc) is 2.54. The van der Waals surface area contributed by atoms with Crippen LogP contribution in [-0.4, -0.2) is 23.0 Å². The summed E-state index contributed by atoms with van der Waals surface area (Å²) in [7, 11) is -0.0187. The van der Waals surface area contributed by atoms with Gasteiger partial charge in [0.1, 0.15) is 5.75 Å². The number of ether oxygens (including phenoxy) is 1. The Morgan fingerprint density at radius 2 is 1.87 bits per heavy atom. The fourth-order valence-electron chi connectivity index (χ4n) is 2.23. The smallest absolute Gasteiger partial charge is 0.318 e. The number of aryl methyl sites for hydroxylation is 1. The monoisotopic (exact) mass is 348 g/mol. The highest BCUT2D eigenvalue weighted by molar-refractivity contribution is 7.86. The molecular weight excluding hydrogens is 328 g/mol. The number of carbonyl (C=O) groups is 1. The van der Waals surface area contributed by atoms with Crippen LogP contribution in [0.1, 0.15) is 23.3 Å². The lowest BCUT2D eigenvalue weighted by Crippen LogP contribution is -2.16. The minimum atomic E-state index is -1.32. The van der Waals surface area contributed by atoms with E-state index >= 15 is 0 Å². The zero-order chi connectivity index (χ0) is 17.0. The van der Waals surface area contributed by atoms with E-state index in [0.717, 1.165) is 21.6 Å². The van der Waals surface area contributed by atoms with Crippen LogP contribution in [0.5, 0.6) is 0 Å². The molecule has 2 atom stereocenters. The van der Waals surface area contributed by atoms with Crippen molar-refractivity contribution in [2.24, 2.45) is 0 Å². The van der Waals surface area contributed by atoms with Crippen molar-refractivity contribution in [1.29, 1.82) is 0 Å². The number of carbonyl (C=O) groups excluding carboxylic acids is 1. The van der Waals surface area contributed by atoms with E-state index in [-0.39, 0.29) is 11.0 Å². The molecule has 0 amide bonds. The third kappa shape index (κ3) is 4.45. The number of methoxy groups -OCH3 is 1. The molecule has 0 bridgehead atoms. The molecule has 0 fully saturated rings. The maximum absolute atomic E-state index is 12.2. The van der Waals surface area contributed by atoms with Crippen LogP contribution in [-0.2, 0) is 20.3 Å². The quantitative estimate of drug-likeness (QED) is 0.657. The molecule has 0 radical (unpaired) electrons. The summed E-state index contributed by atoms with van der Waals surface area (Å²) in [6.07, 6.45) is 0. The summed E-state index contributed by atoms with van der Waals surface area (Å²) >= 11 is 4.57. The van der Waals surface area contributed by atoms with Crippen LogP contribution < -0.4 is 0 Å². The van der Waals surface area contributed by atoms with Crippen LogP contribution in [0, 0.1) is 6.92 Å². The Bertz CT molecular complexity index is 724. The van der Waals surface area contributed by atoms with E-state index in [0.29, 0.717) is 0 Å². The number of thiol groups is 1. The van der Waals surface area contributed by atoms with Crippen molar-refractivity contribution in [2.45, 2.75) is 24.0 Å². The molecule has 23 heavy (non-hydrogen) atoms. The maximum Gasteiger partial charge on any atom is 0.318 e. The molecule has 0 saturated heterocycles. The Morgan fingerprint density at radius 1 is 1.22 bits per heavy atom. The lowest BCUT2D eigenvalue weighted by Gasteiger charge is -2.14. The van der Waals surface area contributed by atoms with Gasteiger partial charge in [0.2, 0.25) is 0 Å². The van der Waals surface area contributed by atoms with Gasteiger partial charge in [-0.05, 0) is 36.6 Å². The highest BCUT2D eigenvalue weighted by atomic mass is 32.2. The zero-order valence-corrected chi connectivity index (χ0v) is 15.1. The summed E-state index contributed by atoms with van der Waals surface area (Å²) < 4.78 is 16.8. The highest BCUT2D eigenvalue weighted by Gasteiger charge is 2.18. The first-order valence-electron chi connectivity index (χ1n) is 7.26. The summed E-state index contributed by atoms with van der Waals surface area (Å²) in [5.74, 6) is -0.559. The van der Waals surface area contributed by atoms with Gasteiger partial charge in [-0.1, -0.05) is 42.0 Å². The molecule has 0 saturated carbocycles. The molecule has 0 heterocycles. The SMILES string of the molecule is COC(=O)CS(=O)C(C)c1ccc(-c2ccc(C)cc2)c(S)c1. The second-order valence-corrected chi connectivity index (χ2v) is 7.63. The second kappa shape index (κ2) is 7.79. The number of hydrogen-bond donors (Lipinski definition) is 1. The minimum absolute atomic E-state index is 0.0979. The van der Waals surface area contributed by atoms with Crippen molar-refractivity contribution in [3.63, 3.8) is 0 Å². The van der Waals surface area contributed by atoms with Gasteiger partial charge in [-0.3, -0.25) is 9.00 Å². The van der Waals surface area contributed by atoms with Crippen LogP contribution in [0.4, 0.5) is 0 Å². The Balaban J connectivity index is 2.23. The van der Waals surface area contributed by atoms with Crippen LogP contribution in [0.2, 0.25) is 0 Å². The van der Waals surface area contributed by atoms with Gasteiger partial charge in [-0.2, -0.15) is 0 Å². The van der Waals surface area contributed by atoms with Gasteiger partial charge in [0, 0.05) is 15.7 Å². The predicted octanol–water partition coefficient (Wildman–Crippen LogP) is 3.93. The molecule has 5 heteroatoms. The lowest BCUT2D eigenvalue weighted by atomic mass is 10.0. The van der Waals surface area contributed by atoms with E-state index in [1.165, 1.54) is 12.7 Å². The first-order chi connectivity index (χ1) is 10.9. The van der Waals surface area contributed by atoms with Crippen molar-refractivity contribution >= 4 is 29.4 Å². The van der Waals surface area contributed by atoms with Gasteiger partial charge in [0.25, 0.3) is 0 Å². The van der Waals surface area contributed by atoms with Crippen molar-refractivity contribution in [2.75, 3.05) is 12.9 Å². The van der Waals surface area contributed by atoms with Crippen molar-refractivity contribution in [3.8, 4) is 11.1 Å². The molecule has 0 N–H and O–H groups in total. The number of rotatable bonds is 5. The summed E-state index contributed by atoms with van der Waals surface area (Å²) in [5, 5.41) is -0.257. The molecule has 2 aromatic carbocycles. The summed E-state index contributed by atoms with van der Waals surface area (Å²) in [5.41, 5.74) is 4.23. The normalized spacial score (nSPS) is 13.4. The average molecular weight is 348 g/mol. The third-order valence-electron chi connectivity index (χ3n) is 3.74. The summed E-state index contributed by atoms with van der Waals surface area (Å²) in [4.78, 5) is 12.1. The fraction of sp³-hybridized carbons (Fsp3) is 0.278. The lowest BCUT2D eigenvalue weighted by molar-refractivity contribution is -0.137. The Labute approximate surface area is 144 Å². The molecule has 2 unspecified atom stereocenters. The van der Waals surface area contributed by atoms with Gasteiger partial charge in [-0.15, -0.1) is 12.6 Å². The number of benzene rings is 2.